The average Bonchev–Trinajstić information content (AvgIpc) is 3.42. The van der Waals surface area contributed by atoms with Crippen LogP contribution in [0.2, 0.25) is 0 Å². The molecule has 0 saturated carbocycles. The van der Waals surface area contributed by atoms with Crippen LogP contribution in [-0.2, 0) is 0 Å². The molecule has 2 heterocycles. The van der Waals surface area contributed by atoms with E-state index in [9.17, 15) is 13.6 Å². The first-order valence-electron chi connectivity index (χ1n) is 10.7. The number of halogens is 2. The summed E-state index contributed by atoms with van der Waals surface area (Å²) in [6.07, 6.45) is 1.65. The van der Waals surface area contributed by atoms with Gasteiger partial charge < -0.3 is 25.2 Å². The van der Waals surface area contributed by atoms with Crippen LogP contribution in [0.3, 0.4) is 0 Å². The second-order valence-corrected chi connectivity index (χ2v) is 8.16. The van der Waals surface area contributed by atoms with Gasteiger partial charge in [0.15, 0.2) is 0 Å². The number of hydrogen-bond acceptors (Lipinski definition) is 4. The van der Waals surface area contributed by atoms with Crippen molar-refractivity contribution < 1.29 is 18.3 Å². The molecular formula is C23H28F2N4O2. The molecule has 0 aromatic heterocycles. The summed E-state index contributed by atoms with van der Waals surface area (Å²) in [5.74, 6) is 0.0442. The third-order valence-electron chi connectivity index (χ3n) is 6.03. The lowest BCUT2D eigenvalue weighted by Gasteiger charge is -2.21. The molecular weight excluding hydrogens is 402 g/mol. The number of nitrogens with one attached hydrogen (secondary N) is 2. The maximum atomic E-state index is 14.0. The molecule has 8 heteroatoms. The molecule has 0 spiro atoms. The molecule has 166 valence electrons. The zero-order chi connectivity index (χ0) is 21.8. The average molecular weight is 430 g/mol. The fourth-order valence-electron chi connectivity index (χ4n) is 4.39. The summed E-state index contributed by atoms with van der Waals surface area (Å²) < 4.78 is 33.3. The van der Waals surface area contributed by atoms with Crippen LogP contribution in [0.5, 0.6) is 5.75 Å². The third kappa shape index (κ3) is 5.00. The maximum absolute atomic E-state index is 14.0. The predicted octanol–water partition coefficient (Wildman–Crippen LogP) is 3.38. The number of anilines is 2. The van der Waals surface area contributed by atoms with E-state index in [4.69, 9.17) is 4.74 Å². The largest absolute Gasteiger partial charge is 0.497 e. The van der Waals surface area contributed by atoms with E-state index in [0.29, 0.717) is 32.0 Å². The Labute approximate surface area is 181 Å². The summed E-state index contributed by atoms with van der Waals surface area (Å²) >= 11 is 0. The molecule has 6 nitrogen and oxygen atoms in total. The number of carbonyl (C=O) groups excluding carboxylic acids is 1. The second kappa shape index (κ2) is 9.41. The van der Waals surface area contributed by atoms with Gasteiger partial charge in [0.25, 0.3) is 0 Å². The van der Waals surface area contributed by atoms with Crippen LogP contribution in [-0.4, -0.2) is 51.9 Å². The third-order valence-corrected chi connectivity index (χ3v) is 6.03. The summed E-state index contributed by atoms with van der Waals surface area (Å²) in [6.45, 7) is 3.29. The van der Waals surface area contributed by atoms with Gasteiger partial charge in [-0.15, -0.1) is 0 Å². The highest BCUT2D eigenvalue weighted by Crippen LogP contribution is 2.28. The van der Waals surface area contributed by atoms with Gasteiger partial charge in [0.05, 0.1) is 7.11 Å². The van der Waals surface area contributed by atoms with Crippen LogP contribution in [0.1, 0.15) is 12.8 Å². The first kappa shape index (κ1) is 21.2. The van der Waals surface area contributed by atoms with Gasteiger partial charge in [-0.3, -0.25) is 0 Å². The molecule has 0 aliphatic carbocycles. The first-order valence-corrected chi connectivity index (χ1v) is 10.7. The molecule has 2 aliphatic heterocycles. The highest BCUT2D eigenvalue weighted by atomic mass is 19.1. The maximum Gasteiger partial charge on any atom is 0.315 e. The number of hydrogen-bond donors (Lipinski definition) is 2. The molecule has 0 bridgehead atoms. The Balaban J connectivity index is 1.22. The van der Waals surface area contributed by atoms with Gasteiger partial charge in [0.1, 0.15) is 23.1 Å². The molecule has 31 heavy (non-hydrogen) atoms. The van der Waals surface area contributed by atoms with Crippen LogP contribution in [0.25, 0.3) is 0 Å². The molecule has 2 unspecified atom stereocenters. The molecule has 2 aromatic rings. The number of benzene rings is 2. The van der Waals surface area contributed by atoms with Crippen LogP contribution in [0.4, 0.5) is 25.0 Å². The van der Waals surface area contributed by atoms with Crippen molar-refractivity contribution in [3.8, 4) is 5.75 Å². The summed E-state index contributed by atoms with van der Waals surface area (Å²) in [5, 5.41) is 5.89. The van der Waals surface area contributed by atoms with Crippen molar-refractivity contribution in [3.05, 3.63) is 54.1 Å². The van der Waals surface area contributed by atoms with E-state index in [1.165, 1.54) is 18.2 Å². The Morgan fingerprint density at radius 2 is 1.81 bits per heavy atom. The molecule has 2 atom stereocenters. The number of urea groups is 1. The topological polar surface area (TPSA) is 56.8 Å². The van der Waals surface area contributed by atoms with Crippen molar-refractivity contribution in [1.29, 1.82) is 0 Å². The SMILES string of the molecule is COc1cccc(N2CCC(CNC(=O)NC3CCN(c4c(F)cccc4F)C3)C2)c1. The summed E-state index contributed by atoms with van der Waals surface area (Å²) in [7, 11) is 1.66. The molecule has 2 fully saturated rings. The van der Waals surface area contributed by atoms with Crippen molar-refractivity contribution in [2.75, 3.05) is 49.6 Å². The summed E-state index contributed by atoms with van der Waals surface area (Å²) in [6, 6.07) is 11.5. The zero-order valence-electron chi connectivity index (χ0n) is 17.6. The standard InChI is InChI=1S/C23H28F2N4O2/c1-31-19-5-2-4-18(12-19)28-10-8-16(14-28)13-26-23(30)27-17-9-11-29(15-17)22-20(24)6-3-7-21(22)25/h2-7,12,16-17H,8-11,13-15H2,1H3,(H2,26,27,30). The molecule has 2 N–H and O–H groups in total. The normalized spacial score (nSPS) is 20.7. The van der Waals surface area contributed by atoms with Gasteiger partial charge in [-0.2, -0.15) is 0 Å². The highest BCUT2D eigenvalue weighted by Gasteiger charge is 2.28. The second-order valence-electron chi connectivity index (χ2n) is 8.16. The number of ether oxygens (including phenoxy) is 1. The fraction of sp³-hybridized carbons (Fsp3) is 0.435. The van der Waals surface area contributed by atoms with Crippen molar-refractivity contribution in [3.63, 3.8) is 0 Å². The Kier molecular flexibility index (Phi) is 6.44. The minimum Gasteiger partial charge on any atom is -0.497 e. The number of carbonyl (C=O) groups is 1. The van der Waals surface area contributed by atoms with Gasteiger partial charge in [-0.1, -0.05) is 12.1 Å². The minimum absolute atomic E-state index is 0.0178. The fourth-order valence-corrected chi connectivity index (χ4v) is 4.39. The van der Waals surface area contributed by atoms with Gasteiger partial charge in [0, 0.05) is 50.5 Å². The van der Waals surface area contributed by atoms with Gasteiger partial charge in [0.2, 0.25) is 0 Å². The molecule has 2 aliphatic rings. The van der Waals surface area contributed by atoms with E-state index in [1.807, 2.05) is 18.2 Å². The molecule has 2 amide bonds. The van der Waals surface area contributed by atoms with Crippen LogP contribution < -0.4 is 25.2 Å². The van der Waals surface area contributed by atoms with Gasteiger partial charge >= 0.3 is 6.03 Å². The van der Waals surface area contributed by atoms with E-state index < -0.39 is 11.6 Å². The van der Waals surface area contributed by atoms with Gasteiger partial charge in [-0.05, 0) is 43.0 Å². The van der Waals surface area contributed by atoms with E-state index in [2.05, 4.69) is 21.6 Å². The molecule has 4 rings (SSSR count). The Bertz CT molecular complexity index is 906. The number of amides is 2. The highest BCUT2D eigenvalue weighted by molar-refractivity contribution is 5.74. The lowest BCUT2D eigenvalue weighted by molar-refractivity contribution is 0.236. The first-order chi connectivity index (χ1) is 15.0. The van der Waals surface area contributed by atoms with Crippen molar-refractivity contribution in [1.82, 2.24) is 10.6 Å². The van der Waals surface area contributed by atoms with Crippen molar-refractivity contribution >= 4 is 17.4 Å². The van der Waals surface area contributed by atoms with Gasteiger partial charge in [-0.25, -0.2) is 13.6 Å². The lowest BCUT2D eigenvalue weighted by atomic mass is 10.1. The van der Waals surface area contributed by atoms with E-state index in [0.717, 1.165) is 30.9 Å². The van der Waals surface area contributed by atoms with E-state index >= 15 is 0 Å². The van der Waals surface area contributed by atoms with Crippen LogP contribution >= 0.6 is 0 Å². The van der Waals surface area contributed by atoms with Crippen LogP contribution in [0, 0.1) is 17.6 Å². The summed E-state index contributed by atoms with van der Waals surface area (Å²) in [4.78, 5) is 16.3. The minimum atomic E-state index is -0.577. The Morgan fingerprint density at radius 1 is 1.06 bits per heavy atom. The summed E-state index contributed by atoms with van der Waals surface area (Å²) in [5.41, 5.74) is 1.11. The molecule has 0 radical (unpaired) electrons. The monoisotopic (exact) mass is 430 g/mol. The Morgan fingerprint density at radius 3 is 2.58 bits per heavy atom. The number of rotatable bonds is 6. The quantitative estimate of drug-likeness (QED) is 0.738. The van der Waals surface area contributed by atoms with Crippen molar-refractivity contribution in [2.45, 2.75) is 18.9 Å². The van der Waals surface area contributed by atoms with E-state index in [1.54, 1.807) is 12.0 Å². The molecule has 2 aromatic carbocycles. The number of methoxy groups -OCH3 is 1. The lowest BCUT2D eigenvalue weighted by Crippen LogP contribution is -2.45. The van der Waals surface area contributed by atoms with Crippen LogP contribution in [0.15, 0.2) is 42.5 Å². The smallest absolute Gasteiger partial charge is 0.315 e. The van der Waals surface area contributed by atoms with Crippen molar-refractivity contribution in [2.24, 2.45) is 5.92 Å². The number of nitrogens with zero attached hydrogens (tertiary/aromatic N) is 2. The predicted molar refractivity (Wildman–Crippen MR) is 117 cm³/mol. The van der Waals surface area contributed by atoms with E-state index in [-0.39, 0.29) is 17.8 Å². The molecule has 2 saturated heterocycles. The zero-order valence-corrected chi connectivity index (χ0v) is 17.6. The Hall–Kier alpha value is -3.03. The number of para-hydroxylation sites is 1.